The van der Waals surface area contributed by atoms with Crippen molar-refractivity contribution in [3.63, 3.8) is 0 Å². The second kappa shape index (κ2) is 5.83. The predicted octanol–water partition coefficient (Wildman–Crippen LogP) is 6.97. The van der Waals surface area contributed by atoms with Crippen LogP contribution in [0.4, 0.5) is 0 Å². The maximum absolute atomic E-state index is 6.56. The summed E-state index contributed by atoms with van der Waals surface area (Å²) in [6, 6.07) is 15.1. The Hall–Kier alpha value is -1.53. The van der Waals surface area contributed by atoms with Gasteiger partial charge in [-0.15, -0.1) is 0 Å². The minimum Gasteiger partial charge on any atom is -0.0836 e. The van der Waals surface area contributed by atoms with Gasteiger partial charge in [0, 0.05) is 10.6 Å². The fraction of sp³-hybridized carbons (Fsp3) is 0.364. The second-order valence-electron chi connectivity index (χ2n) is 7.21. The molecule has 1 fully saturated rings. The molecular weight excluding hydrogens is 300 g/mol. The van der Waals surface area contributed by atoms with Gasteiger partial charge in [0.15, 0.2) is 0 Å². The minimum atomic E-state index is 0.784. The molecule has 0 aliphatic heterocycles. The van der Waals surface area contributed by atoms with Crippen LogP contribution in [0.15, 0.2) is 48.0 Å². The highest BCUT2D eigenvalue weighted by molar-refractivity contribution is 6.34. The van der Waals surface area contributed by atoms with E-state index < -0.39 is 0 Å². The van der Waals surface area contributed by atoms with Gasteiger partial charge < -0.3 is 0 Å². The lowest BCUT2D eigenvalue weighted by Gasteiger charge is -2.30. The van der Waals surface area contributed by atoms with Crippen molar-refractivity contribution in [2.75, 3.05) is 0 Å². The SMILES string of the molecule is CCC1C/C(=C2/c3ccccc3-c3c(Cl)cccc32)CC(C)C1. The van der Waals surface area contributed by atoms with Crippen molar-refractivity contribution in [2.24, 2.45) is 11.8 Å². The first-order valence-corrected chi connectivity index (χ1v) is 9.17. The van der Waals surface area contributed by atoms with Crippen LogP contribution in [0.2, 0.25) is 5.02 Å². The second-order valence-corrected chi connectivity index (χ2v) is 7.62. The van der Waals surface area contributed by atoms with Crippen LogP contribution in [-0.2, 0) is 0 Å². The smallest absolute Gasteiger partial charge is 0.0490 e. The topological polar surface area (TPSA) is 0 Å². The zero-order valence-corrected chi connectivity index (χ0v) is 14.7. The fourth-order valence-corrected chi connectivity index (χ4v) is 4.83. The van der Waals surface area contributed by atoms with Gasteiger partial charge in [0.1, 0.15) is 0 Å². The van der Waals surface area contributed by atoms with Gasteiger partial charge in [0.2, 0.25) is 0 Å². The van der Waals surface area contributed by atoms with E-state index in [0.717, 1.165) is 16.9 Å². The maximum Gasteiger partial charge on any atom is 0.0490 e. The van der Waals surface area contributed by atoms with Gasteiger partial charge in [-0.05, 0) is 59.4 Å². The van der Waals surface area contributed by atoms with Crippen molar-refractivity contribution < 1.29 is 0 Å². The molecule has 1 saturated carbocycles. The van der Waals surface area contributed by atoms with E-state index >= 15 is 0 Å². The van der Waals surface area contributed by atoms with E-state index in [2.05, 4.69) is 50.2 Å². The first-order valence-electron chi connectivity index (χ1n) is 8.79. The third-order valence-corrected chi connectivity index (χ3v) is 5.86. The Kier molecular flexibility index (Phi) is 3.81. The van der Waals surface area contributed by atoms with Crippen LogP contribution in [0, 0.1) is 11.8 Å². The van der Waals surface area contributed by atoms with Crippen LogP contribution in [0.3, 0.4) is 0 Å². The fourth-order valence-electron chi connectivity index (χ4n) is 4.55. The highest BCUT2D eigenvalue weighted by atomic mass is 35.5. The van der Waals surface area contributed by atoms with Crippen LogP contribution in [0.1, 0.15) is 50.7 Å². The Balaban J connectivity index is 1.96. The summed E-state index contributed by atoms with van der Waals surface area (Å²) in [4.78, 5) is 0. The number of fused-ring (bicyclic) bond motifs is 3. The summed E-state index contributed by atoms with van der Waals surface area (Å²) in [6.07, 6.45) is 5.13. The molecule has 0 spiro atoms. The molecule has 2 unspecified atom stereocenters. The molecule has 2 atom stereocenters. The van der Waals surface area contributed by atoms with E-state index in [0.29, 0.717) is 0 Å². The highest BCUT2D eigenvalue weighted by Gasteiger charge is 2.30. The van der Waals surface area contributed by atoms with Gasteiger partial charge in [-0.2, -0.15) is 0 Å². The summed E-state index contributed by atoms with van der Waals surface area (Å²) < 4.78 is 0. The summed E-state index contributed by atoms with van der Waals surface area (Å²) >= 11 is 6.56. The van der Waals surface area contributed by atoms with Crippen molar-refractivity contribution in [2.45, 2.75) is 39.5 Å². The minimum absolute atomic E-state index is 0.784. The van der Waals surface area contributed by atoms with Crippen LogP contribution >= 0.6 is 11.6 Å². The molecule has 23 heavy (non-hydrogen) atoms. The number of rotatable bonds is 1. The lowest BCUT2D eigenvalue weighted by molar-refractivity contribution is 0.330. The third-order valence-electron chi connectivity index (χ3n) is 5.55. The van der Waals surface area contributed by atoms with Gasteiger partial charge >= 0.3 is 0 Å². The summed E-state index contributed by atoms with van der Waals surface area (Å²) in [5.41, 5.74) is 8.39. The van der Waals surface area contributed by atoms with Crippen molar-refractivity contribution in [1.29, 1.82) is 0 Å². The zero-order valence-electron chi connectivity index (χ0n) is 13.9. The molecule has 2 aliphatic rings. The number of allylic oxidation sites excluding steroid dienone is 1. The molecule has 0 saturated heterocycles. The standard InChI is InChI=1S/C22H23Cl/c1-3-15-11-14(2)12-16(13-15)21-17-7-4-5-8-18(17)22-19(21)9-6-10-20(22)23/h4-10,14-15H,3,11-13H2,1-2H3/b21-16-. The van der Waals surface area contributed by atoms with Crippen LogP contribution < -0.4 is 0 Å². The molecule has 0 aromatic heterocycles. The molecular formula is C22H23Cl. The lowest BCUT2D eigenvalue weighted by atomic mass is 9.75. The van der Waals surface area contributed by atoms with E-state index in [-0.39, 0.29) is 0 Å². The Morgan fingerprint density at radius 2 is 1.70 bits per heavy atom. The quantitative estimate of drug-likeness (QED) is 0.454. The number of hydrogen-bond acceptors (Lipinski definition) is 0. The van der Waals surface area contributed by atoms with Gasteiger partial charge in [-0.1, -0.05) is 73.8 Å². The number of benzene rings is 2. The number of halogens is 1. The van der Waals surface area contributed by atoms with Gasteiger partial charge in [-0.25, -0.2) is 0 Å². The summed E-state index contributed by atoms with van der Waals surface area (Å²) in [5.74, 6) is 1.61. The zero-order chi connectivity index (χ0) is 16.0. The molecule has 2 aromatic rings. The lowest BCUT2D eigenvalue weighted by Crippen LogP contribution is -2.15. The Morgan fingerprint density at radius 1 is 0.957 bits per heavy atom. The first kappa shape index (κ1) is 15.0. The van der Waals surface area contributed by atoms with E-state index in [9.17, 15) is 0 Å². The largest absolute Gasteiger partial charge is 0.0836 e. The normalized spacial score (nSPS) is 26.0. The number of hydrogen-bond donors (Lipinski definition) is 0. The molecule has 0 radical (unpaired) electrons. The average Bonchev–Trinajstić information content (AvgIpc) is 2.89. The van der Waals surface area contributed by atoms with E-state index in [1.165, 1.54) is 53.5 Å². The summed E-state index contributed by atoms with van der Waals surface area (Å²) in [7, 11) is 0. The first-order chi connectivity index (χ1) is 11.2. The van der Waals surface area contributed by atoms with E-state index in [1.54, 1.807) is 5.57 Å². The Labute approximate surface area is 144 Å². The Morgan fingerprint density at radius 3 is 2.48 bits per heavy atom. The Bertz CT molecular complexity index is 784. The van der Waals surface area contributed by atoms with Crippen molar-refractivity contribution >= 4 is 17.2 Å². The van der Waals surface area contributed by atoms with Gasteiger partial charge in [0.05, 0.1) is 0 Å². The summed E-state index contributed by atoms with van der Waals surface area (Å²) in [5, 5.41) is 0.876. The van der Waals surface area contributed by atoms with Crippen molar-refractivity contribution in [1.82, 2.24) is 0 Å². The average molecular weight is 323 g/mol. The van der Waals surface area contributed by atoms with E-state index in [1.807, 2.05) is 6.07 Å². The molecule has 0 bridgehead atoms. The van der Waals surface area contributed by atoms with E-state index in [4.69, 9.17) is 11.6 Å². The van der Waals surface area contributed by atoms with Gasteiger partial charge in [-0.3, -0.25) is 0 Å². The molecule has 4 rings (SSSR count). The van der Waals surface area contributed by atoms with Gasteiger partial charge in [0.25, 0.3) is 0 Å². The molecule has 0 N–H and O–H groups in total. The highest BCUT2D eigenvalue weighted by Crippen LogP contribution is 2.51. The van der Waals surface area contributed by atoms with Crippen molar-refractivity contribution in [3.05, 3.63) is 64.2 Å². The molecule has 118 valence electrons. The molecule has 2 aromatic carbocycles. The van der Waals surface area contributed by atoms with Crippen LogP contribution in [0.5, 0.6) is 0 Å². The monoisotopic (exact) mass is 322 g/mol. The molecule has 0 heterocycles. The molecule has 0 amide bonds. The molecule has 1 heteroatoms. The van der Waals surface area contributed by atoms with Crippen LogP contribution in [0.25, 0.3) is 16.7 Å². The maximum atomic E-state index is 6.56. The van der Waals surface area contributed by atoms with Crippen LogP contribution in [-0.4, -0.2) is 0 Å². The molecule has 0 nitrogen and oxygen atoms in total. The summed E-state index contributed by atoms with van der Waals surface area (Å²) in [6.45, 7) is 4.74. The predicted molar refractivity (Wildman–Crippen MR) is 99.7 cm³/mol. The molecule has 2 aliphatic carbocycles. The van der Waals surface area contributed by atoms with Crippen molar-refractivity contribution in [3.8, 4) is 11.1 Å². The third kappa shape index (κ3) is 2.44.